The van der Waals surface area contributed by atoms with Crippen LogP contribution in [0, 0.1) is 16.0 Å². The number of rotatable bonds is 3. The minimum Gasteiger partial charge on any atom is -0.397 e. The average Bonchev–Trinajstić information content (AvgIpc) is 2.77. The number of hydrogen-bond acceptors (Lipinski definition) is 4. The molecule has 0 saturated heterocycles. The van der Waals surface area contributed by atoms with Crippen LogP contribution in [-0.2, 0) is 0 Å². The van der Waals surface area contributed by atoms with Crippen LogP contribution < -0.4 is 11.1 Å². The number of nitro benzene ring substituents is 1. The third kappa shape index (κ3) is 2.85. The number of nitrogens with two attached hydrogens (primary N) is 1. The van der Waals surface area contributed by atoms with Crippen LogP contribution in [0.25, 0.3) is 0 Å². The average molecular weight is 298 g/mol. The Hall–Kier alpha value is -1.82. The van der Waals surface area contributed by atoms with Crippen molar-refractivity contribution in [2.45, 2.75) is 32.2 Å². The van der Waals surface area contributed by atoms with Crippen molar-refractivity contribution in [2.75, 3.05) is 5.73 Å². The van der Waals surface area contributed by atoms with Crippen molar-refractivity contribution in [1.82, 2.24) is 5.32 Å². The Kier molecular flexibility index (Phi) is 4.13. The van der Waals surface area contributed by atoms with Crippen LogP contribution in [0.15, 0.2) is 12.1 Å². The van der Waals surface area contributed by atoms with Crippen LogP contribution in [0.5, 0.6) is 0 Å². The SMILES string of the molecule is CC1CCCC1NC(=O)c1cc([N+](=O)[O-])cc(Cl)c1N. The summed E-state index contributed by atoms with van der Waals surface area (Å²) in [5.41, 5.74) is 5.63. The number of nitrogens with one attached hydrogen (secondary N) is 1. The molecule has 1 saturated carbocycles. The molecule has 3 N–H and O–H groups in total. The highest BCUT2D eigenvalue weighted by molar-refractivity contribution is 6.34. The molecule has 0 bridgehead atoms. The number of halogens is 1. The van der Waals surface area contributed by atoms with E-state index in [1.54, 1.807) is 0 Å². The maximum atomic E-state index is 12.2. The first-order valence-electron chi connectivity index (χ1n) is 6.44. The van der Waals surface area contributed by atoms with Gasteiger partial charge in [-0.05, 0) is 18.8 Å². The maximum Gasteiger partial charge on any atom is 0.271 e. The Labute approximate surface area is 121 Å². The van der Waals surface area contributed by atoms with E-state index in [2.05, 4.69) is 12.2 Å². The summed E-state index contributed by atoms with van der Waals surface area (Å²) in [5.74, 6) is -0.0128. The number of carbonyl (C=O) groups excluding carboxylic acids is 1. The maximum absolute atomic E-state index is 12.2. The second-order valence-electron chi connectivity index (χ2n) is 5.13. The number of carbonyl (C=O) groups is 1. The van der Waals surface area contributed by atoms with Crippen LogP contribution >= 0.6 is 11.6 Å². The van der Waals surface area contributed by atoms with Gasteiger partial charge in [0.25, 0.3) is 11.6 Å². The Morgan fingerprint density at radius 1 is 1.50 bits per heavy atom. The predicted octanol–water partition coefficient (Wildman–Crippen LogP) is 2.75. The zero-order valence-corrected chi connectivity index (χ0v) is 11.8. The molecule has 2 unspecified atom stereocenters. The Balaban J connectivity index is 2.26. The molecule has 0 radical (unpaired) electrons. The number of anilines is 1. The van der Waals surface area contributed by atoms with Gasteiger partial charge in [0, 0.05) is 18.2 Å². The van der Waals surface area contributed by atoms with Crippen molar-refractivity contribution in [2.24, 2.45) is 5.92 Å². The fourth-order valence-corrected chi connectivity index (χ4v) is 2.72. The van der Waals surface area contributed by atoms with Gasteiger partial charge >= 0.3 is 0 Å². The van der Waals surface area contributed by atoms with Crippen LogP contribution in [0.4, 0.5) is 11.4 Å². The highest BCUT2D eigenvalue weighted by atomic mass is 35.5. The smallest absolute Gasteiger partial charge is 0.271 e. The van der Waals surface area contributed by atoms with Gasteiger partial charge in [-0.3, -0.25) is 14.9 Å². The first kappa shape index (κ1) is 14.6. The van der Waals surface area contributed by atoms with E-state index in [0.717, 1.165) is 31.4 Å². The fraction of sp³-hybridized carbons (Fsp3) is 0.462. The molecule has 1 aliphatic rings. The van der Waals surface area contributed by atoms with Gasteiger partial charge in [0.05, 0.1) is 21.2 Å². The number of hydrogen-bond donors (Lipinski definition) is 2. The van der Waals surface area contributed by atoms with E-state index in [1.165, 1.54) is 0 Å². The Morgan fingerprint density at radius 2 is 2.20 bits per heavy atom. The molecule has 1 fully saturated rings. The predicted molar refractivity (Wildman–Crippen MR) is 76.8 cm³/mol. The van der Waals surface area contributed by atoms with Crippen molar-refractivity contribution in [3.05, 3.63) is 32.8 Å². The van der Waals surface area contributed by atoms with E-state index in [9.17, 15) is 14.9 Å². The van der Waals surface area contributed by atoms with Crippen molar-refractivity contribution in [3.8, 4) is 0 Å². The van der Waals surface area contributed by atoms with Crippen molar-refractivity contribution < 1.29 is 9.72 Å². The van der Waals surface area contributed by atoms with Crippen LogP contribution in [0.1, 0.15) is 36.5 Å². The molecule has 0 heterocycles. The van der Waals surface area contributed by atoms with Gasteiger partial charge in [-0.25, -0.2) is 0 Å². The Morgan fingerprint density at radius 3 is 2.75 bits per heavy atom. The van der Waals surface area contributed by atoms with E-state index in [-0.39, 0.29) is 28.0 Å². The second-order valence-corrected chi connectivity index (χ2v) is 5.54. The summed E-state index contributed by atoms with van der Waals surface area (Å²) in [7, 11) is 0. The van der Waals surface area contributed by atoms with E-state index >= 15 is 0 Å². The van der Waals surface area contributed by atoms with E-state index in [4.69, 9.17) is 17.3 Å². The lowest BCUT2D eigenvalue weighted by Gasteiger charge is -2.18. The number of nitro groups is 1. The minimum absolute atomic E-state index is 0.0174. The first-order valence-corrected chi connectivity index (χ1v) is 6.82. The molecule has 108 valence electrons. The Bertz CT molecular complexity index is 562. The summed E-state index contributed by atoms with van der Waals surface area (Å²) in [5, 5.41) is 13.7. The van der Waals surface area contributed by atoms with Gasteiger partial charge in [0.2, 0.25) is 0 Å². The first-order chi connectivity index (χ1) is 9.40. The number of non-ortho nitro benzene ring substituents is 1. The molecule has 0 spiro atoms. The molecule has 7 heteroatoms. The fourth-order valence-electron chi connectivity index (χ4n) is 2.50. The van der Waals surface area contributed by atoms with Crippen LogP contribution in [-0.4, -0.2) is 16.9 Å². The minimum atomic E-state index is -0.597. The monoisotopic (exact) mass is 297 g/mol. The molecule has 6 nitrogen and oxygen atoms in total. The van der Waals surface area contributed by atoms with Gasteiger partial charge < -0.3 is 11.1 Å². The van der Waals surface area contributed by atoms with Gasteiger partial charge in [-0.15, -0.1) is 0 Å². The summed E-state index contributed by atoms with van der Waals surface area (Å²) >= 11 is 5.84. The molecule has 0 aromatic heterocycles. The molecular weight excluding hydrogens is 282 g/mol. The molecule has 20 heavy (non-hydrogen) atoms. The lowest BCUT2D eigenvalue weighted by atomic mass is 10.1. The molecule has 1 aromatic rings. The standard InChI is InChI=1S/C13H16ClN3O3/c1-7-3-2-4-11(7)16-13(18)9-5-8(17(19)20)6-10(14)12(9)15/h5-7,11H,2-4,15H2,1H3,(H,16,18). The normalized spacial score (nSPS) is 21.7. The highest BCUT2D eigenvalue weighted by Crippen LogP contribution is 2.30. The zero-order chi connectivity index (χ0) is 14.9. The van der Waals surface area contributed by atoms with Crippen LogP contribution in [0.2, 0.25) is 5.02 Å². The van der Waals surface area contributed by atoms with Crippen molar-refractivity contribution in [1.29, 1.82) is 0 Å². The molecule has 2 rings (SSSR count). The van der Waals surface area contributed by atoms with Crippen molar-refractivity contribution >= 4 is 28.9 Å². The molecular formula is C13H16ClN3O3. The lowest BCUT2D eigenvalue weighted by molar-refractivity contribution is -0.384. The molecule has 1 amide bonds. The highest BCUT2D eigenvalue weighted by Gasteiger charge is 2.27. The second kappa shape index (κ2) is 5.66. The zero-order valence-electron chi connectivity index (χ0n) is 11.1. The topological polar surface area (TPSA) is 98.3 Å². The summed E-state index contributed by atoms with van der Waals surface area (Å²) in [6.07, 6.45) is 3.04. The molecule has 1 aliphatic carbocycles. The third-order valence-corrected chi connectivity index (χ3v) is 4.06. The van der Waals surface area contributed by atoms with E-state index < -0.39 is 10.8 Å². The number of benzene rings is 1. The van der Waals surface area contributed by atoms with Gasteiger partial charge in [0.1, 0.15) is 0 Å². The number of nitrogens with zero attached hydrogens (tertiary/aromatic N) is 1. The van der Waals surface area contributed by atoms with Crippen LogP contribution in [0.3, 0.4) is 0 Å². The quantitative estimate of drug-likeness (QED) is 0.509. The summed E-state index contributed by atoms with van der Waals surface area (Å²) in [4.78, 5) is 22.4. The summed E-state index contributed by atoms with van der Waals surface area (Å²) < 4.78 is 0. The van der Waals surface area contributed by atoms with Gasteiger partial charge in [-0.1, -0.05) is 24.9 Å². The van der Waals surface area contributed by atoms with E-state index in [1.807, 2.05) is 0 Å². The van der Waals surface area contributed by atoms with E-state index in [0.29, 0.717) is 5.92 Å². The van der Waals surface area contributed by atoms with Crippen molar-refractivity contribution in [3.63, 3.8) is 0 Å². The van der Waals surface area contributed by atoms with Gasteiger partial charge in [0.15, 0.2) is 0 Å². The number of amides is 1. The summed E-state index contributed by atoms with van der Waals surface area (Å²) in [6, 6.07) is 2.39. The summed E-state index contributed by atoms with van der Waals surface area (Å²) in [6.45, 7) is 2.07. The molecule has 2 atom stereocenters. The molecule has 0 aliphatic heterocycles. The largest absolute Gasteiger partial charge is 0.397 e. The number of nitrogen functional groups attached to an aromatic ring is 1. The lowest BCUT2D eigenvalue weighted by Crippen LogP contribution is -2.36. The third-order valence-electron chi connectivity index (χ3n) is 3.75. The molecule has 1 aromatic carbocycles. The van der Waals surface area contributed by atoms with Gasteiger partial charge in [-0.2, -0.15) is 0 Å².